The van der Waals surface area contributed by atoms with Crippen LogP contribution in [0.4, 0.5) is 0 Å². The van der Waals surface area contributed by atoms with Crippen molar-refractivity contribution in [3.05, 3.63) is 23.8 Å². The van der Waals surface area contributed by atoms with Crippen molar-refractivity contribution in [2.75, 3.05) is 7.11 Å². The van der Waals surface area contributed by atoms with Gasteiger partial charge >= 0.3 is 5.97 Å². The highest BCUT2D eigenvalue weighted by Crippen LogP contribution is 2.26. The van der Waals surface area contributed by atoms with Crippen LogP contribution < -0.4 is 9.47 Å². The highest BCUT2D eigenvalue weighted by atomic mass is 16.5. The number of carboxylic acid groups (broad SMARTS) is 1. The van der Waals surface area contributed by atoms with Crippen LogP contribution in [-0.2, 0) is 11.4 Å². The third-order valence-corrected chi connectivity index (χ3v) is 2.36. The van der Waals surface area contributed by atoms with E-state index in [2.05, 4.69) is 0 Å². The van der Waals surface area contributed by atoms with Gasteiger partial charge in [0.1, 0.15) is 11.5 Å². The zero-order valence-electron chi connectivity index (χ0n) is 9.84. The first-order valence-corrected chi connectivity index (χ1v) is 5.29. The fraction of sp³-hybridized carbons (Fsp3) is 0.417. The minimum Gasteiger partial charge on any atom is -0.497 e. The van der Waals surface area contributed by atoms with Gasteiger partial charge < -0.3 is 19.7 Å². The summed E-state index contributed by atoms with van der Waals surface area (Å²) < 4.78 is 10.4. The summed E-state index contributed by atoms with van der Waals surface area (Å²) in [5.41, 5.74) is 0.533. The average Bonchev–Trinajstić information content (AvgIpc) is 2.35. The van der Waals surface area contributed by atoms with E-state index in [0.717, 1.165) is 0 Å². The maximum absolute atomic E-state index is 10.9. The van der Waals surface area contributed by atoms with E-state index in [-0.39, 0.29) is 6.61 Å². The molecule has 0 spiro atoms. The van der Waals surface area contributed by atoms with Gasteiger partial charge in [0.2, 0.25) is 0 Å². The van der Waals surface area contributed by atoms with Gasteiger partial charge in [0.15, 0.2) is 6.10 Å². The first-order valence-electron chi connectivity index (χ1n) is 5.29. The Morgan fingerprint density at radius 2 is 2.18 bits per heavy atom. The van der Waals surface area contributed by atoms with Gasteiger partial charge in [-0.05, 0) is 18.6 Å². The third kappa shape index (κ3) is 3.35. The topological polar surface area (TPSA) is 76.0 Å². The van der Waals surface area contributed by atoms with E-state index in [1.165, 1.54) is 7.11 Å². The Morgan fingerprint density at radius 1 is 1.47 bits per heavy atom. The van der Waals surface area contributed by atoms with Crippen molar-refractivity contribution in [2.24, 2.45) is 0 Å². The SMILES string of the molecule is CCC(Oc1cc(OC)ccc1CO)C(=O)O. The van der Waals surface area contributed by atoms with Gasteiger partial charge in [-0.1, -0.05) is 6.92 Å². The van der Waals surface area contributed by atoms with Crippen molar-refractivity contribution in [3.63, 3.8) is 0 Å². The largest absolute Gasteiger partial charge is 0.497 e. The van der Waals surface area contributed by atoms with Crippen LogP contribution in [0.1, 0.15) is 18.9 Å². The number of benzene rings is 1. The van der Waals surface area contributed by atoms with Gasteiger partial charge in [0.25, 0.3) is 0 Å². The minimum atomic E-state index is -1.03. The molecule has 1 rings (SSSR count). The number of aliphatic carboxylic acids is 1. The molecule has 94 valence electrons. The molecule has 0 heterocycles. The molecule has 0 aliphatic carbocycles. The fourth-order valence-corrected chi connectivity index (χ4v) is 1.36. The molecule has 1 aromatic rings. The van der Waals surface area contributed by atoms with Crippen molar-refractivity contribution in [3.8, 4) is 11.5 Å². The molecule has 0 radical (unpaired) electrons. The smallest absolute Gasteiger partial charge is 0.344 e. The van der Waals surface area contributed by atoms with E-state index in [0.29, 0.717) is 23.5 Å². The average molecular weight is 240 g/mol. The van der Waals surface area contributed by atoms with Gasteiger partial charge in [-0.25, -0.2) is 4.79 Å². The minimum absolute atomic E-state index is 0.213. The van der Waals surface area contributed by atoms with Gasteiger partial charge in [-0.3, -0.25) is 0 Å². The lowest BCUT2D eigenvalue weighted by molar-refractivity contribution is -0.145. The standard InChI is InChI=1S/C12H16O5/c1-3-10(12(14)15)17-11-6-9(16-2)5-4-8(11)7-13/h4-6,10,13H,3,7H2,1-2H3,(H,14,15). The molecular weight excluding hydrogens is 224 g/mol. The van der Waals surface area contributed by atoms with Gasteiger partial charge in [-0.15, -0.1) is 0 Å². The summed E-state index contributed by atoms with van der Waals surface area (Å²) in [6.07, 6.45) is -0.579. The Bertz CT molecular complexity index is 388. The van der Waals surface area contributed by atoms with Gasteiger partial charge in [-0.2, -0.15) is 0 Å². The Hall–Kier alpha value is -1.75. The third-order valence-electron chi connectivity index (χ3n) is 2.36. The van der Waals surface area contributed by atoms with Crippen LogP contribution in [0.15, 0.2) is 18.2 Å². The van der Waals surface area contributed by atoms with E-state index in [1.54, 1.807) is 25.1 Å². The molecule has 2 N–H and O–H groups in total. The van der Waals surface area contributed by atoms with Crippen LogP contribution in [-0.4, -0.2) is 29.4 Å². The van der Waals surface area contributed by atoms with E-state index in [4.69, 9.17) is 19.7 Å². The van der Waals surface area contributed by atoms with Crippen LogP contribution in [0.2, 0.25) is 0 Å². The highest BCUT2D eigenvalue weighted by molar-refractivity contribution is 5.72. The van der Waals surface area contributed by atoms with Gasteiger partial charge in [0, 0.05) is 11.6 Å². The van der Waals surface area contributed by atoms with Crippen LogP contribution in [0.25, 0.3) is 0 Å². The van der Waals surface area contributed by atoms with Crippen LogP contribution in [0.5, 0.6) is 11.5 Å². The molecule has 5 nitrogen and oxygen atoms in total. The molecule has 0 bridgehead atoms. The summed E-state index contributed by atoms with van der Waals surface area (Å²) in [7, 11) is 1.51. The molecule has 0 fully saturated rings. The molecule has 0 saturated heterocycles. The Labute approximate surface area is 99.6 Å². The van der Waals surface area contributed by atoms with Crippen molar-refractivity contribution in [1.29, 1.82) is 0 Å². The predicted octanol–water partition coefficient (Wildman–Crippen LogP) is 1.43. The number of hydrogen-bond acceptors (Lipinski definition) is 4. The predicted molar refractivity (Wildman–Crippen MR) is 61.3 cm³/mol. The number of aliphatic hydroxyl groups excluding tert-OH is 1. The quantitative estimate of drug-likeness (QED) is 0.786. The maximum Gasteiger partial charge on any atom is 0.344 e. The molecular formula is C12H16O5. The van der Waals surface area contributed by atoms with Crippen molar-refractivity contribution in [1.82, 2.24) is 0 Å². The molecule has 1 aromatic carbocycles. The fourth-order valence-electron chi connectivity index (χ4n) is 1.36. The van der Waals surface area contributed by atoms with Crippen LogP contribution in [0, 0.1) is 0 Å². The van der Waals surface area contributed by atoms with Crippen molar-refractivity contribution >= 4 is 5.97 Å². The number of hydrogen-bond donors (Lipinski definition) is 2. The number of methoxy groups -OCH3 is 1. The molecule has 0 amide bonds. The highest BCUT2D eigenvalue weighted by Gasteiger charge is 2.18. The number of rotatable bonds is 6. The second-order valence-corrected chi connectivity index (χ2v) is 3.48. The zero-order valence-corrected chi connectivity index (χ0v) is 9.84. The summed E-state index contributed by atoms with van der Waals surface area (Å²) in [6.45, 7) is 1.51. The van der Waals surface area contributed by atoms with Crippen molar-refractivity contribution in [2.45, 2.75) is 26.1 Å². The Morgan fingerprint density at radius 3 is 2.65 bits per heavy atom. The van der Waals surface area contributed by atoms with Crippen molar-refractivity contribution < 1.29 is 24.5 Å². The molecule has 5 heteroatoms. The molecule has 0 aliphatic rings. The van der Waals surface area contributed by atoms with E-state index >= 15 is 0 Å². The first-order chi connectivity index (χ1) is 8.12. The lowest BCUT2D eigenvalue weighted by Crippen LogP contribution is -2.26. The summed E-state index contributed by atoms with van der Waals surface area (Å²) >= 11 is 0. The summed E-state index contributed by atoms with van der Waals surface area (Å²) in [5.74, 6) is -0.141. The normalized spacial score (nSPS) is 11.9. The molecule has 0 aromatic heterocycles. The Kier molecular flexibility index (Phi) is 4.78. The maximum atomic E-state index is 10.9. The number of carboxylic acids is 1. The number of carbonyl (C=O) groups is 1. The zero-order chi connectivity index (χ0) is 12.8. The molecule has 17 heavy (non-hydrogen) atoms. The summed E-state index contributed by atoms with van der Waals surface area (Å²) in [5, 5.41) is 18.0. The summed E-state index contributed by atoms with van der Waals surface area (Å²) in [6, 6.07) is 4.89. The number of aliphatic hydroxyl groups is 1. The van der Waals surface area contributed by atoms with Gasteiger partial charge in [0.05, 0.1) is 13.7 Å². The lowest BCUT2D eigenvalue weighted by Gasteiger charge is -2.16. The molecule has 1 unspecified atom stereocenters. The molecule has 0 aliphatic heterocycles. The van der Waals surface area contributed by atoms with E-state index in [9.17, 15) is 4.79 Å². The first kappa shape index (κ1) is 13.3. The van der Waals surface area contributed by atoms with E-state index < -0.39 is 12.1 Å². The molecule has 0 saturated carbocycles. The summed E-state index contributed by atoms with van der Waals surface area (Å²) in [4.78, 5) is 10.9. The van der Waals surface area contributed by atoms with Crippen LogP contribution >= 0.6 is 0 Å². The lowest BCUT2D eigenvalue weighted by atomic mass is 10.2. The second-order valence-electron chi connectivity index (χ2n) is 3.48. The number of ether oxygens (including phenoxy) is 2. The molecule has 1 atom stereocenters. The van der Waals surface area contributed by atoms with Crippen LogP contribution in [0.3, 0.4) is 0 Å². The second kappa shape index (κ2) is 6.10. The Balaban J connectivity index is 2.97. The van der Waals surface area contributed by atoms with E-state index in [1.807, 2.05) is 0 Å². The monoisotopic (exact) mass is 240 g/mol.